The predicted octanol–water partition coefficient (Wildman–Crippen LogP) is 0.574. The lowest BCUT2D eigenvalue weighted by Gasteiger charge is -2.02. The van der Waals surface area contributed by atoms with E-state index in [9.17, 15) is 14.7 Å². The molecule has 0 amide bonds. The number of carbonyl (C=O) groups excluding carboxylic acids is 2. The standard InChI is InChI=1S/C8H12N2O5/c1-9-10-7(8(13)15-3)5(11)4-6(12)14-2/h11H,4H2,1-3H3. The molecule has 1 N–H and O–H groups in total. The van der Waals surface area contributed by atoms with E-state index in [1.54, 1.807) is 0 Å². The van der Waals surface area contributed by atoms with E-state index in [0.29, 0.717) is 0 Å². The Balaban J connectivity index is 4.91. The van der Waals surface area contributed by atoms with Crippen LogP contribution in [0.25, 0.3) is 0 Å². The number of methoxy groups -OCH3 is 2. The quantitative estimate of drug-likeness (QED) is 0.320. The number of carbonyl (C=O) groups is 2. The molecule has 0 aromatic rings. The van der Waals surface area contributed by atoms with E-state index < -0.39 is 29.8 Å². The van der Waals surface area contributed by atoms with E-state index in [1.807, 2.05) is 0 Å². The van der Waals surface area contributed by atoms with E-state index in [1.165, 1.54) is 7.05 Å². The fourth-order valence-corrected chi connectivity index (χ4v) is 0.706. The fourth-order valence-electron chi connectivity index (χ4n) is 0.706. The lowest BCUT2D eigenvalue weighted by Crippen LogP contribution is -2.09. The Kier molecular flexibility index (Phi) is 5.69. The van der Waals surface area contributed by atoms with Crippen molar-refractivity contribution in [1.29, 1.82) is 0 Å². The number of hydrogen-bond acceptors (Lipinski definition) is 7. The molecule has 0 bridgehead atoms. The van der Waals surface area contributed by atoms with E-state index in [2.05, 4.69) is 19.7 Å². The van der Waals surface area contributed by atoms with Crippen molar-refractivity contribution in [3.8, 4) is 0 Å². The molecule has 0 fully saturated rings. The zero-order valence-electron chi connectivity index (χ0n) is 8.68. The highest BCUT2D eigenvalue weighted by Crippen LogP contribution is 2.10. The van der Waals surface area contributed by atoms with Crippen molar-refractivity contribution in [2.75, 3.05) is 21.3 Å². The normalized spacial score (nSPS) is 12.2. The van der Waals surface area contributed by atoms with E-state index in [0.717, 1.165) is 14.2 Å². The minimum Gasteiger partial charge on any atom is -0.509 e. The molecule has 7 heteroatoms. The van der Waals surface area contributed by atoms with Gasteiger partial charge in [-0.2, -0.15) is 5.11 Å². The van der Waals surface area contributed by atoms with Crippen LogP contribution in [-0.4, -0.2) is 38.3 Å². The van der Waals surface area contributed by atoms with Crippen LogP contribution < -0.4 is 0 Å². The maximum atomic E-state index is 11.1. The van der Waals surface area contributed by atoms with Gasteiger partial charge in [0.2, 0.25) is 5.70 Å². The van der Waals surface area contributed by atoms with Gasteiger partial charge in [-0.25, -0.2) is 4.79 Å². The van der Waals surface area contributed by atoms with Crippen LogP contribution in [0.5, 0.6) is 0 Å². The molecule has 0 atom stereocenters. The number of ether oxygens (including phenoxy) is 2. The average Bonchev–Trinajstić information content (AvgIpc) is 2.24. The summed E-state index contributed by atoms with van der Waals surface area (Å²) < 4.78 is 8.64. The smallest absolute Gasteiger partial charge is 0.362 e. The highest BCUT2D eigenvalue weighted by atomic mass is 16.5. The summed E-state index contributed by atoms with van der Waals surface area (Å²) in [6.45, 7) is 0. The van der Waals surface area contributed by atoms with Crippen LogP contribution in [0.15, 0.2) is 21.7 Å². The molecule has 0 saturated carbocycles. The molecule has 0 unspecified atom stereocenters. The fraction of sp³-hybridized carbons (Fsp3) is 0.500. The van der Waals surface area contributed by atoms with Crippen LogP contribution in [0.3, 0.4) is 0 Å². The Labute approximate surface area is 86.4 Å². The molecule has 15 heavy (non-hydrogen) atoms. The predicted molar refractivity (Wildman–Crippen MR) is 49.1 cm³/mol. The molecule has 0 saturated heterocycles. The number of rotatable bonds is 4. The third kappa shape index (κ3) is 4.21. The van der Waals surface area contributed by atoms with Gasteiger partial charge in [-0.1, -0.05) is 0 Å². The topological polar surface area (TPSA) is 97.5 Å². The molecular weight excluding hydrogens is 204 g/mol. The van der Waals surface area contributed by atoms with Gasteiger partial charge >= 0.3 is 11.9 Å². The Bertz CT molecular complexity index is 308. The average molecular weight is 216 g/mol. The highest BCUT2D eigenvalue weighted by molar-refractivity contribution is 5.89. The molecule has 0 aromatic carbocycles. The SMILES string of the molecule is CN=NC(C(=O)OC)=C(O)CC(=O)OC. The number of aliphatic hydroxyl groups excluding tert-OH is 1. The second-order valence-electron chi connectivity index (χ2n) is 2.34. The lowest BCUT2D eigenvalue weighted by molar-refractivity contribution is -0.140. The first-order valence-electron chi connectivity index (χ1n) is 3.93. The van der Waals surface area contributed by atoms with Crippen molar-refractivity contribution in [2.45, 2.75) is 6.42 Å². The Morgan fingerprint density at radius 1 is 1.27 bits per heavy atom. The number of esters is 2. The van der Waals surface area contributed by atoms with Crippen molar-refractivity contribution in [3.63, 3.8) is 0 Å². The number of hydrogen-bond donors (Lipinski definition) is 1. The summed E-state index contributed by atoms with van der Waals surface area (Å²) >= 11 is 0. The second-order valence-corrected chi connectivity index (χ2v) is 2.34. The minimum absolute atomic E-state index is 0.412. The lowest BCUT2D eigenvalue weighted by atomic mass is 10.3. The van der Waals surface area contributed by atoms with Gasteiger partial charge in [-0.3, -0.25) is 4.79 Å². The summed E-state index contributed by atoms with van der Waals surface area (Å²) in [5, 5.41) is 16.0. The second kappa shape index (κ2) is 6.52. The number of aliphatic hydroxyl groups is 1. The molecule has 0 aromatic heterocycles. The largest absolute Gasteiger partial charge is 0.509 e. The van der Waals surface area contributed by atoms with Gasteiger partial charge in [0.25, 0.3) is 0 Å². The van der Waals surface area contributed by atoms with Crippen LogP contribution in [-0.2, 0) is 19.1 Å². The van der Waals surface area contributed by atoms with Crippen molar-refractivity contribution in [3.05, 3.63) is 11.5 Å². The number of nitrogens with zero attached hydrogens (tertiary/aromatic N) is 2. The summed E-state index contributed by atoms with van der Waals surface area (Å²) in [7, 11) is 3.60. The minimum atomic E-state index is -0.873. The summed E-state index contributed by atoms with van der Waals surface area (Å²) in [5.41, 5.74) is -0.412. The van der Waals surface area contributed by atoms with Gasteiger partial charge in [-0.05, 0) is 0 Å². The summed E-state index contributed by atoms with van der Waals surface area (Å²) in [6.07, 6.45) is -0.458. The van der Waals surface area contributed by atoms with Crippen LogP contribution in [0.1, 0.15) is 6.42 Å². The molecular formula is C8H12N2O5. The number of azo groups is 1. The first-order valence-corrected chi connectivity index (χ1v) is 3.93. The Hall–Kier alpha value is -1.92. The zero-order chi connectivity index (χ0) is 11.8. The van der Waals surface area contributed by atoms with Gasteiger partial charge in [0.05, 0.1) is 14.2 Å². The van der Waals surface area contributed by atoms with E-state index in [-0.39, 0.29) is 0 Å². The van der Waals surface area contributed by atoms with E-state index in [4.69, 9.17) is 0 Å². The summed E-state index contributed by atoms with van der Waals surface area (Å²) in [4.78, 5) is 21.9. The Morgan fingerprint density at radius 3 is 2.27 bits per heavy atom. The van der Waals surface area contributed by atoms with Gasteiger partial charge in [0.1, 0.15) is 12.2 Å². The summed E-state index contributed by atoms with van der Waals surface area (Å²) in [5.74, 6) is -2.11. The molecule has 0 spiro atoms. The molecule has 0 radical (unpaired) electrons. The van der Waals surface area contributed by atoms with Gasteiger partial charge < -0.3 is 14.6 Å². The molecule has 0 aliphatic carbocycles. The van der Waals surface area contributed by atoms with Gasteiger partial charge in [0, 0.05) is 7.05 Å². The van der Waals surface area contributed by atoms with Crippen LogP contribution in [0.2, 0.25) is 0 Å². The monoisotopic (exact) mass is 216 g/mol. The van der Waals surface area contributed by atoms with Crippen molar-refractivity contribution >= 4 is 11.9 Å². The third-order valence-corrected chi connectivity index (χ3v) is 1.39. The van der Waals surface area contributed by atoms with Crippen molar-refractivity contribution in [2.24, 2.45) is 10.2 Å². The van der Waals surface area contributed by atoms with Crippen LogP contribution in [0.4, 0.5) is 0 Å². The molecule has 7 nitrogen and oxygen atoms in total. The summed E-state index contributed by atoms with van der Waals surface area (Å²) in [6, 6.07) is 0. The first-order chi connectivity index (χ1) is 7.06. The van der Waals surface area contributed by atoms with Crippen LogP contribution in [0, 0.1) is 0 Å². The third-order valence-electron chi connectivity index (χ3n) is 1.39. The Morgan fingerprint density at radius 2 is 1.87 bits per heavy atom. The maximum Gasteiger partial charge on any atom is 0.362 e. The van der Waals surface area contributed by atoms with Gasteiger partial charge in [0.15, 0.2) is 0 Å². The first kappa shape index (κ1) is 13.1. The van der Waals surface area contributed by atoms with Gasteiger partial charge in [-0.15, -0.1) is 5.11 Å². The van der Waals surface area contributed by atoms with E-state index >= 15 is 0 Å². The molecule has 0 heterocycles. The molecule has 0 rings (SSSR count). The highest BCUT2D eigenvalue weighted by Gasteiger charge is 2.18. The maximum absolute atomic E-state index is 11.1. The van der Waals surface area contributed by atoms with Crippen LogP contribution >= 0.6 is 0 Å². The zero-order valence-corrected chi connectivity index (χ0v) is 8.68. The molecule has 84 valence electrons. The van der Waals surface area contributed by atoms with Crippen molar-refractivity contribution < 1.29 is 24.2 Å². The van der Waals surface area contributed by atoms with Crippen molar-refractivity contribution in [1.82, 2.24) is 0 Å². The molecule has 0 aliphatic heterocycles. The molecule has 0 aliphatic rings.